The molecule has 1 aromatic rings. The van der Waals surface area contributed by atoms with Crippen LogP contribution in [0.25, 0.3) is 0 Å². The van der Waals surface area contributed by atoms with Gasteiger partial charge in [-0.2, -0.15) is 11.8 Å². The molecule has 0 unspecified atom stereocenters. The van der Waals surface area contributed by atoms with Gasteiger partial charge in [0, 0.05) is 12.0 Å². The summed E-state index contributed by atoms with van der Waals surface area (Å²) in [7, 11) is 0. The Morgan fingerprint density at radius 3 is 2.53 bits per heavy atom. The molecule has 0 heterocycles. The smallest absolute Gasteiger partial charge is 0.00431 e. The van der Waals surface area contributed by atoms with Crippen molar-refractivity contribution in [3.63, 3.8) is 0 Å². The van der Waals surface area contributed by atoms with Crippen LogP contribution in [0.5, 0.6) is 0 Å². The van der Waals surface area contributed by atoms with Gasteiger partial charge in [0.15, 0.2) is 0 Å². The topological polar surface area (TPSA) is 12.0 Å². The van der Waals surface area contributed by atoms with E-state index in [0.29, 0.717) is 0 Å². The first kappa shape index (κ1) is 14.6. The van der Waals surface area contributed by atoms with Crippen molar-refractivity contribution in [2.75, 3.05) is 24.6 Å². The highest BCUT2D eigenvalue weighted by atomic mass is 32.2. The maximum absolute atomic E-state index is 3.57. The fourth-order valence-electron chi connectivity index (χ4n) is 1.84. The van der Waals surface area contributed by atoms with Crippen LogP contribution in [0.2, 0.25) is 0 Å². The number of rotatable bonds is 8. The molecule has 0 aliphatic carbocycles. The monoisotopic (exact) mass is 251 g/mol. The predicted octanol–water partition coefficient (Wildman–Crippen LogP) is 3.70. The van der Waals surface area contributed by atoms with Gasteiger partial charge in [-0.15, -0.1) is 0 Å². The third kappa shape index (κ3) is 5.60. The number of hydrogen-bond acceptors (Lipinski definition) is 2. The maximum Gasteiger partial charge on any atom is 0.00431 e. The lowest BCUT2D eigenvalue weighted by molar-refractivity contribution is 0.470. The van der Waals surface area contributed by atoms with E-state index >= 15 is 0 Å². The molecule has 1 aromatic carbocycles. The molecule has 2 heteroatoms. The summed E-state index contributed by atoms with van der Waals surface area (Å²) in [4.78, 5) is 0. The molecule has 0 amide bonds. The van der Waals surface area contributed by atoms with E-state index < -0.39 is 0 Å². The molecule has 0 fully saturated rings. The third-order valence-electron chi connectivity index (χ3n) is 2.97. The lowest BCUT2D eigenvalue weighted by atomic mass is 9.84. The maximum atomic E-state index is 3.57. The molecule has 0 saturated carbocycles. The third-order valence-corrected chi connectivity index (χ3v) is 3.95. The zero-order chi connectivity index (χ0) is 12.6. The van der Waals surface area contributed by atoms with Crippen LogP contribution in [-0.2, 0) is 5.41 Å². The fourth-order valence-corrected chi connectivity index (χ4v) is 2.47. The highest BCUT2D eigenvalue weighted by molar-refractivity contribution is 7.99. The average Bonchev–Trinajstić information content (AvgIpc) is 2.35. The van der Waals surface area contributed by atoms with Gasteiger partial charge in [-0.1, -0.05) is 51.1 Å². The Morgan fingerprint density at radius 1 is 1.18 bits per heavy atom. The first-order chi connectivity index (χ1) is 8.17. The Balaban J connectivity index is 2.26. The Labute approximate surface area is 110 Å². The molecule has 0 aliphatic rings. The van der Waals surface area contributed by atoms with E-state index in [0.717, 1.165) is 13.1 Å². The predicted molar refractivity (Wildman–Crippen MR) is 80.0 cm³/mol. The second-order valence-electron chi connectivity index (χ2n) is 4.98. The summed E-state index contributed by atoms with van der Waals surface area (Å²) in [5, 5.41) is 3.57. The summed E-state index contributed by atoms with van der Waals surface area (Å²) in [6, 6.07) is 10.8. The van der Waals surface area contributed by atoms with Gasteiger partial charge in [0.1, 0.15) is 0 Å². The number of thioether (sulfide) groups is 1. The van der Waals surface area contributed by atoms with E-state index in [1.54, 1.807) is 0 Å². The summed E-state index contributed by atoms with van der Waals surface area (Å²) in [6.07, 6.45) is 1.27. The van der Waals surface area contributed by atoms with Gasteiger partial charge >= 0.3 is 0 Å². The number of nitrogens with one attached hydrogen (secondary N) is 1. The van der Waals surface area contributed by atoms with E-state index in [2.05, 4.69) is 56.4 Å². The van der Waals surface area contributed by atoms with E-state index in [1.807, 2.05) is 11.8 Å². The summed E-state index contributed by atoms with van der Waals surface area (Å²) in [6.45, 7) is 9.00. The zero-order valence-electron chi connectivity index (χ0n) is 11.3. The van der Waals surface area contributed by atoms with Crippen LogP contribution in [0.1, 0.15) is 32.8 Å². The number of benzene rings is 1. The normalized spacial score (nSPS) is 11.7. The first-order valence-electron chi connectivity index (χ1n) is 6.51. The Kier molecular flexibility index (Phi) is 6.68. The quantitative estimate of drug-likeness (QED) is 0.707. The van der Waals surface area contributed by atoms with Crippen LogP contribution in [0.4, 0.5) is 0 Å². The highest BCUT2D eigenvalue weighted by Crippen LogP contribution is 2.21. The number of hydrogen-bond donors (Lipinski definition) is 1. The van der Waals surface area contributed by atoms with Gasteiger partial charge in [0.2, 0.25) is 0 Å². The molecule has 17 heavy (non-hydrogen) atoms. The highest BCUT2D eigenvalue weighted by Gasteiger charge is 2.19. The van der Waals surface area contributed by atoms with Gasteiger partial charge in [-0.3, -0.25) is 0 Å². The molecule has 0 aromatic heterocycles. The molecule has 0 aliphatic heterocycles. The van der Waals surface area contributed by atoms with Crippen LogP contribution in [0, 0.1) is 0 Å². The summed E-state index contributed by atoms with van der Waals surface area (Å²) >= 11 is 2.02. The van der Waals surface area contributed by atoms with Crippen molar-refractivity contribution in [3.8, 4) is 0 Å². The van der Waals surface area contributed by atoms with E-state index in [4.69, 9.17) is 0 Å². The van der Waals surface area contributed by atoms with Gasteiger partial charge in [-0.05, 0) is 30.0 Å². The molecule has 96 valence electrons. The van der Waals surface area contributed by atoms with E-state index in [1.165, 1.54) is 23.5 Å². The molecule has 1 nitrogen and oxygen atoms in total. The Morgan fingerprint density at radius 2 is 1.88 bits per heavy atom. The first-order valence-corrected chi connectivity index (χ1v) is 7.66. The molecular weight excluding hydrogens is 226 g/mol. The van der Waals surface area contributed by atoms with Gasteiger partial charge in [-0.25, -0.2) is 0 Å². The summed E-state index contributed by atoms with van der Waals surface area (Å²) < 4.78 is 0. The van der Waals surface area contributed by atoms with Crippen LogP contribution >= 0.6 is 11.8 Å². The van der Waals surface area contributed by atoms with Crippen molar-refractivity contribution >= 4 is 11.8 Å². The average molecular weight is 251 g/mol. The van der Waals surface area contributed by atoms with Gasteiger partial charge < -0.3 is 5.32 Å². The minimum Gasteiger partial charge on any atom is -0.316 e. The fraction of sp³-hybridized carbons (Fsp3) is 0.600. The zero-order valence-corrected chi connectivity index (χ0v) is 12.1. The SMILES string of the molecule is CCSCCCNCC(C)(C)c1ccccc1. The lowest BCUT2D eigenvalue weighted by Gasteiger charge is -2.25. The summed E-state index contributed by atoms with van der Waals surface area (Å²) in [5.74, 6) is 2.50. The standard InChI is InChI=1S/C15H25NS/c1-4-17-12-8-11-16-13-15(2,3)14-9-6-5-7-10-14/h5-7,9-10,16H,4,8,11-13H2,1-3H3. The van der Waals surface area contributed by atoms with Crippen molar-refractivity contribution in [1.29, 1.82) is 0 Å². The molecule has 1 rings (SSSR count). The molecule has 1 N–H and O–H groups in total. The van der Waals surface area contributed by atoms with E-state index in [9.17, 15) is 0 Å². The molecule has 0 atom stereocenters. The molecule has 0 radical (unpaired) electrons. The molecular formula is C15H25NS. The van der Waals surface area contributed by atoms with Crippen molar-refractivity contribution < 1.29 is 0 Å². The van der Waals surface area contributed by atoms with Gasteiger partial charge in [0.25, 0.3) is 0 Å². The van der Waals surface area contributed by atoms with Crippen molar-refractivity contribution in [2.24, 2.45) is 0 Å². The van der Waals surface area contributed by atoms with Crippen LogP contribution in [0.3, 0.4) is 0 Å². The molecule has 0 spiro atoms. The largest absolute Gasteiger partial charge is 0.316 e. The van der Waals surface area contributed by atoms with Crippen molar-refractivity contribution in [3.05, 3.63) is 35.9 Å². The lowest BCUT2D eigenvalue weighted by Crippen LogP contribution is -2.33. The van der Waals surface area contributed by atoms with Crippen LogP contribution in [0.15, 0.2) is 30.3 Å². The second kappa shape index (κ2) is 7.78. The Bertz CT molecular complexity index is 295. The summed E-state index contributed by atoms with van der Waals surface area (Å²) in [5.41, 5.74) is 1.63. The minimum absolute atomic E-state index is 0.221. The van der Waals surface area contributed by atoms with E-state index in [-0.39, 0.29) is 5.41 Å². The van der Waals surface area contributed by atoms with Crippen molar-refractivity contribution in [1.82, 2.24) is 5.32 Å². The molecule has 0 saturated heterocycles. The van der Waals surface area contributed by atoms with Crippen LogP contribution < -0.4 is 5.32 Å². The second-order valence-corrected chi connectivity index (χ2v) is 6.37. The van der Waals surface area contributed by atoms with Crippen LogP contribution in [-0.4, -0.2) is 24.6 Å². The van der Waals surface area contributed by atoms with Gasteiger partial charge in [0.05, 0.1) is 0 Å². The minimum atomic E-state index is 0.221. The van der Waals surface area contributed by atoms with Crippen molar-refractivity contribution in [2.45, 2.75) is 32.6 Å². The Hall–Kier alpha value is -0.470. The molecule has 0 bridgehead atoms.